The molecule has 0 amide bonds. The number of aromatic nitrogens is 1. The van der Waals surface area contributed by atoms with Crippen LogP contribution in [0.15, 0.2) is 24.5 Å². The molecule has 1 aliphatic heterocycles. The number of pyridine rings is 1. The Morgan fingerprint density at radius 3 is 1.29 bits per heavy atom. The number of carboxylic acid groups (broad SMARTS) is 3. The van der Waals surface area contributed by atoms with Gasteiger partial charge < -0.3 is 15.3 Å². The fraction of sp³-hybridized carbons (Fsp3) is 0.600. The van der Waals surface area contributed by atoms with E-state index in [1.165, 1.54) is 0 Å². The molecule has 1 saturated heterocycles. The standard InChI is InChI=1S/C20H31N5O6/c26-18(27)14-23-7-5-22(13-17-1-3-21-4-2-17)6-8-24(15-19(28)29)10-12-25(11-9-23)16-20(30)31/h1-4H,5-16H2,(H,26,27)(H,28,29)(H,30,31). The molecular weight excluding hydrogens is 406 g/mol. The highest BCUT2D eigenvalue weighted by Gasteiger charge is 2.20. The van der Waals surface area contributed by atoms with E-state index in [1.54, 1.807) is 17.3 Å². The Balaban J connectivity index is 2.13. The van der Waals surface area contributed by atoms with Gasteiger partial charge in [-0.05, 0) is 17.7 Å². The molecule has 11 nitrogen and oxygen atoms in total. The third kappa shape index (κ3) is 10.3. The van der Waals surface area contributed by atoms with Crippen LogP contribution < -0.4 is 0 Å². The highest BCUT2D eigenvalue weighted by molar-refractivity contribution is 5.69. The minimum absolute atomic E-state index is 0.116. The van der Waals surface area contributed by atoms with Gasteiger partial charge in [0.25, 0.3) is 0 Å². The number of aliphatic carboxylic acids is 3. The maximum atomic E-state index is 11.3. The second-order valence-electron chi connectivity index (χ2n) is 7.64. The molecule has 0 bridgehead atoms. The zero-order chi connectivity index (χ0) is 22.6. The lowest BCUT2D eigenvalue weighted by Crippen LogP contribution is -2.48. The second kappa shape index (κ2) is 13.0. The topological polar surface area (TPSA) is 138 Å². The smallest absolute Gasteiger partial charge is 0.317 e. The molecule has 0 aliphatic carbocycles. The van der Waals surface area contributed by atoms with Crippen LogP contribution in [0.3, 0.4) is 0 Å². The van der Waals surface area contributed by atoms with E-state index in [1.807, 2.05) is 21.9 Å². The average molecular weight is 437 g/mol. The maximum absolute atomic E-state index is 11.3. The van der Waals surface area contributed by atoms with E-state index >= 15 is 0 Å². The van der Waals surface area contributed by atoms with Crippen molar-refractivity contribution in [3.8, 4) is 0 Å². The van der Waals surface area contributed by atoms with Crippen LogP contribution in [0.25, 0.3) is 0 Å². The van der Waals surface area contributed by atoms with Crippen LogP contribution in [-0.2, 0) is 20.9 Å². The van der Waals surface area contributed by atoms with Crippen LogP contribution >= 0.6 is 0 Å². The SMILES string of the molecule is O=C(O)CN1CCN(CC(=O)O)CCN(Cc2ccncc2)CCN(CC(=O)O)CC1. The van der Waals surface area contributed by atoms with Crippen molar-refractivity contribution in [3.63, 3.8) is 0 Å². The van der Waals surface area contributed by atoms with E-state index < -0.39 is 17.9 Å². The van der Waals surface area contributed by atoms with Crippen molar-refractivity contribution < 1.29 is 29.7 Å². The molecule has 31 heavy (non-hydrogen) atoms. The summed E-state index contributed by atoms with van der Waals surface area (Å²) < 4.78 is 0. The Hall–Kier alpha value is -2.60. The maximum Gasteiger partial charge on any atom is 0.317 e. The minimum Gasteiger partial charge on any atom is -0.480 e. The number of nitrogens with zero attached hydrogens (tertiary/aromatic N) is 5. The molecule has 3 N–H and O–H groups in total. The fourth-order valence-corrected chi connectivity index (χ4v) is 3.53. The first-order chi connectivity index (χ1) is 14.8. The lowest BCUT2D eigenvalue weighted by atomic mass is 10.2. The molecule has 0 radical (unpaired) electrons. The summed E-state index contributed by atoms with van der Waals surface area (Å²) in [7, 11) is 0. The van der Waals surface area contributed by atoms with Gasteiger partial charge in [-0.2, -0.15) is 0 Å². The third-order valence-corrected chi connectivity index (χ3v) is 5.16. The molecule has 2 heterocycles. The number of hydrogen-bond donors (Lipinski definition) is 3. The van der Waals surface area contributed by atoms with Gasteiger partial charge in [-0.15, -0.1) is 0 Å². The average Bonchev–Trinajstić information content (AvgIpc) is 2.69. The summed E-state index contributed by atoms with van der Waals surface area (Å²) in [6.07, 6.45) is 3.44. The van der Waals surface area contributed by atoms with E-state index in [9.17, 15) is 29.7 Å². The number of hydrogen-bond acceptors (Lipinski definition) is 8. The van der Waals surface area contributed by atoms with Gasteiger partial charge in [0.2, 0.25) is 0 Å². The zero-order valence-electron chi connectivity index (χ0n) is 17.6. The summed E-state index contributed by atoms with van der Waals surface area (Å²) in [6, 6.07) is 3.84. The molecule has 2 rings (SSSR count). The Kier molecular flexibility index (Phi) is 10.3. The highest BCUT2D eigenvalue weighted by atomic mass is 16.4. The number of carbonyl (C=O) groups is 3. The van der Waals surface area contributed by atoms with Crippen LogP contribution in [0.4, 0.5) is 0 Å². The van der Waals surface area contributed by atoms with Crippen LogP contribution in [0.5, 0.6) is 0 Å². The van der Waals surface area contributed by atoms with Crippen molar-refractivity contribution in [2.75, 3.05) is 72.0 Å². The first-order valence-corrected chi connectivity index (χ1v) is 10.3. The molecule has 0 saturated carbocycles. The van der Waals surface area contributed by atoms with Gasteiger partial charge in [-0.1, -0.05) is 0 Å². The molecule has 172 valence electrons. The molecule has 1 aliphatic rings. The Morgan fingerprint density at radius 1 is 0.645 bits per heavy atom. The summed E-state index contributed by atoms with van der Waals surface area (Å²) in [5.41, 5.74) is 1.07. The zero-order valence-corrected chi connectivity index (χ0v) is 17.6. The molecule has 1 aromatic heterocycles. The fourth-order valence-electron chi connectivity index (χ4n) is 3.53. The van der Waals surface area contributed by atoms with E-state index in [-0.39, 0.29) is 19.6 Å². The lowest BCUT2D eigenvalue weighted by Gasteiger charge is -2.33. The van der Waals surface area contributed by atoms with E-state index in [4.69, 9.17) is 0 Å². The van der Waals surface area contributed by atoms with E-state index in [0.29, 0.717) is 58.9 Å². The first-order valence-electron chi connectivity index (χ1n) is 10.3. The van der Waals surface area contributed by atoms with Crippen molar-refractivity contribution in [1.82, 2.24) is 24.6 Å². The third-order valence-electron chi connectivity index (χ3n) is 5.16. The molecule has 0 aromatic carbocycles. The monoisotopic (exact) mass is 437 g/mol. The van der Waals surface area contributed by atoms with Crippen LogP contribution in [-0.4, -0.2) is 130 Å². The van der Waals surface area contributed by atoms with Gasteiger partial charge in [0, 0.05) is 71.3 Å². The van der Waals surface area contributed by atoms with Gasteiger partial charge in [0.1, 0.15) is 0 Å². The molecule has 11 heteroatoms. The number of carboxylic acids is 3. The molecule has 0 spiro atoms. The molecular formula is C20H31N5O6. The van der Waals surface area contributed by atoms with Gasteiger partial charge in [-0.3, -0.25) is 39.0 Å². The Bertz CT molecular complexity index is 687. The van der Waals surface area contributed by atoms with Crippen molar-refractivity contribution in [2.45, 2.75) is 6.54 Å². The summed E-state index contributed by atoms with van der Waals surface area (Å²) >= 11 is 0. The normalized spacial score (nSPS) is 18.7. The van der Waals surface area contributed by atoms with Gasteiger partial charge >= 0.3 is 17.9 Å². The Morgan fingerprint density at radius 2 is 0.968 bits per heavy atom. The van der Waals surface area contributed by atoms with Crippen molar-refractivity contribution in [2.24, 2.45) is 0 Å². The van der Waals surface area contributed by atoms with Gasteiger partial charge in [0.15, 0.2) is 0 Å². The summed E-state index contributed by atoms with van der Waals surface area (Å²) in [5.74, 6) is -2.82. The predicted molar refractivity (Wildman–Crippen MR) is 112 cm³/mol. The van der Waals surface area contributed by atoms with Gasteiger partial charge in [-0.25, -0.2) is 0 Å². The summed E-state index contributed by atoms with van der Waals surface area (Å²) in [4.78, 5) is 45.3. The minimum atomic E-state index is -0.967. The summed E-state index contributed by atoms with van der Waals surface area (Å²) in [6.45, 7) is 4.11. The van der Waals surface area contributed by atoms with Crippen molar-refractivity contribution in [1.29, 1.82) is 0 Å². The molecule has 0 unspecified atom stereocenters. The lowest BCUT2D eigenvalue weighted by molar-refractivity contribution is -0.140. The molecule has 1 aromatic rings. The highest BCUT2D eigenvalue weighted by Crippen LogP contribution is 2.06. The van der Waals surface area contributed by atoms with Crippen LogP contribution in [0, 0.1) is 0 Å². The second-order valence-corrected chi connectivity index (χ2v) is 7.64. The van der Waals surface area contributed by atoms with E-state index in [2.05, 4.69) is 9.88 Å². The van der Waals surface area contributed by atoms with Crippen LogP contribution in [0.1, 0.15) is 5.56 Å². The summed E-state index contributed by atoms with van der Waals surface area (Å²) in [5, 5.41) is 27.7. The first kappa shape index (κ1) is 24.7. The van der Waals surface area contributed by atoms with Gasteiger partial charge in [0.05, 0.1) is 19.6 Å². The predicted octanol–water partition coefficient (Wildman–Crippen LogP) is -0.943. The van der Waals surface area contributed by atoms with Crippen LogP contribution in [0.2, 0.25) is 0 Å². The largest absolute Gasteiger partial charge is 0.480 e. The Labute approximate surface area is 181 Å². The quantitative estimate of drug-likeness (QED) is 0.464. The molecule has 1 fully saturated rings. The van der Waals surface area contributed by atoms with Crippen molar-refractivity contribution in [3.05, 3.63) is 30.1 Å². The molecule has 0 atom stereocenters. The van der Waals surface area contributed by atoms with Crippen molar-refractivity contribution >= 4 is 17.9 Å². The van der Waals surface area contributed by atoms with E-state index in [0.717, 1.165) is 5.56 Å². The number of rotatable bonds is 8.